The summed E-state index contributed by atoms with van der Waals surface area (Å²) in [6.45, 7) is 7.75. The van der Waals surface area contributed by atoms with Crippen molar-refractivity contribution in [3.05, 3.63) is 60.5 Å². The summed E-state index contributed by atoms with van der Waals surface area (Å²) in [5.74, 6) is -0.341. The molecule has 4 rings (SSSR count). The van der Waals surface area contributed by atoms with E-state index in [0.717, 1.165) is 41.3 Å². The van der Waals surface area contributed by atoms with Crippen molar-refractivity contribution < 1.29 is 9.18 Å². The number of nitrogens with one attached hydrogen (secondary N) is 3. The van der Waals surface area contributed by atoms with Gasteiger partial charge in [-0.3, -0.25) is 9.78 Å². The second-order valence-electron chi connectivity index (χ2n) is 7.69. The molecule has 1 atom stereocenters. The molecule has 1 fully saturated rings. The number of aromatic nitrogens is 4. The third kappa shape index (κ3) is 5.52. The van der Waals surface area contributed by atoms with Crippen LogP contribution in [-0.4, -0.2) is 44.6 Å². The Morgan fingerprint density at radius 1 is 1.42 bits per heavy atom. The van der Waals surface area contributed by atoms with Crippen LogP contribution < -0.4 is 16.0 Å². The normalized spacial score (nSPS) is 16.1. The minimum atomic E-state index is -0.379. The number of carbonyl (C=O) groups excluding carboxylic acids is 1. The molecule has 3 aromatic rings. The third-order valence-electron chi connectivity index (χ3n) is 5.33. The van der Waals surface area contributed by atoms with Crippen LogP contribution in [0.3, 0.4) is 0 Å². The molecule has 33 heavy (non-hydrogen) atoms. The lowest BCUT2D eigenvalue weighted by molar-refractivity contribution is -0.122. The number of allylic oxidation sites excluding steroid dienone is 1. The van der Waals surface area contributed by atoms with E-state index in [9.17, 15) is 9.18 Å². The lowest BCUT2D eigenvalue weighted by Crippen LogP contribution is -2.41. The summed E-state index contributed by atoms with van der Waals surface area (Å²) in [6.07, 6.45) is 11.7. The molecule has 3 N–H and O–H groups in total. The molecule has 1 aliphatic rings. The Morgan fingerprint density at radius 3 is 3.06 bits per heavy atom. The lowest BCUT2D eigenvalue weighted by Gasteiger charge is -2.12. The molecule has 1 aliphatic heterocycles. The van der Waals surface area contributed by atoms with Crippen LogP contribution in [0.2, 0.25) is 0 Å². The predicted molar refractivity (Wildman–Crippen MR) is 129 cm³/mol. The molecule has 8 nitrogen and oxygen atoms in total. The first-order valence-corrected chi connectivity index (χ1v) is 11.6. The Kier molecular flexibility index (Phi) is 7.26. The van der Waals surface area contributed by atoms with Crippen molar-refractivity contribution in [3.63, 3.8) is 0 Å². The summed E-state index contributed by atoms with van der Waals surface area (Å²) in [6, 6.07) is 1.54. The average Bonchev–Trinajstić information content (AvgIpc) is 3.56. The van der Waals surface area contributed by atoms with Gasteiger partial charge in [0.15, 0.2) is 5.13 Å². The van der Waals surface area contributed by atoms with E-state index >= 15 is 0 Å². The zero-order valence-corrected chi connectivity index (χ0v) is 19.2. The number of hydrogen-bond acceptors (Lipinski definition) is 7. The van der Waals surface area contributed by atoms with Gasteiger partial charge >= 0.3 is 0 Å². The topological polar surface area (TPSA) is 96.8 Å². The van der Waals surface area contributed by atoms with Crippen LogP contribution in [0, 0.1) is 5.82 Å². The molecule has 0 aliphatic carbocycles. The van der Waals surface area contributed by atoms with Gasteiger partial charge in [0.25, 0.3) is 0 Å². The molecule has 0 aromatic carbocycles. The summed E-state index contributed by atoms with van der Waals surface area (Å²) < 4.78 is 16.0. The number of rotatable bonds is 9. The largest absolute Gasteiger partial charge is 0.353 e. The van der Waals surface area contributed by atoms with Crippen molar-refractivity contribution in [3.8, 4) is 10.4 Å². The molecule has 172 valence electrons. The highest BCUT2D eigenvalue weighted by atomic mass is 32.1. The van der Waals surface area contributed by atoms with Gasteiger partial charge in [-0.2, -0.15) is 0 Å². The summed E-state index contributed by atoms with van der Waals surface area (Å²) in [5, 5.41) is 10.1. The molecule has 1 amide bonds. The number of thiazole rings is 1. The average molecular weight is 468 g/mol. The molecular formula is C23H26FN7OS. The highest BCUT2D eigenvalue weighted by Crippen LogP contribution is 2.31. The number of imidazole rings is 1. The van der Waals surface area contributed by atoms with Gasteiger partial charge in [0.1, 0.15) is 5.82 Å². The third-order valence-corrected chi connectivity index (χ3v) is 6.28. The number of hydrogen-bond donors (Lipinski definition) is 3. The second-order valence-corrected chi connectivity index (χ2v) is 8.72. The summed E-state index contributed by atoms with van der Waals surface area (Å²) in [5.41, 5.74) is 2.94. The van der Waals surface area contributed by atoms with Crippen molar-refractivity contribution in [2.24, 2.45) is 0 Å². The first-order chi connectivity index (χ1) is 16.0. The first-order valence-electron chi connectivity index (χ1n) is 10.7. The van der Waals surface area contributed by atoms with Gasteiger partial charge in [-0.1, -0.05) is 17.9 Å². The van der Waals surface area contributed by atoms with Crippen LogP contribution >= 0.6 is 11.3 Å². The SMILES string of the molecule is C=Cc1ncn(CCNC(=O)C2CCCN2)c1/C=C(\C)Nc1ncc(-c2ccncc2F)s1. The van der Waals surface area contributed by atoms with Crippen LogP contribution in [0.25, 0.3) is 22.6 Å². The number of anilines is 1. The monoisotopic (exact) mass is 467 g/mol. The van der Waals surface area contributed by atoms with Crippen molar-refractivity contribution in [1.82, 2.24) is 30.2 Å². The minimum absolute atomic E-state index is 0.0386. The van der Waals surface area contributed by atoms with E-state index in [2.05, 4.69) is 37.5 Å². The lowest BCUT2D eigenvalue weighted by atomic mass is 10.2. The van der Waals surface area contributed by atoms with Crippen LogP contribution in [0.15, 0.2) is 43.3 Å². The van der Waals surface area contributed by atoms with E-state index in [-0.39, 0.29) is 17.8 Å². The van der Waals surface area contributed by atoms with E-state index in [1.807, 2.05) is 17.6 Å². The number of amides is 1. The Hall–Kier alpha value is -3.37. The molecule has 10 heteroatoms. The zero-order chi connectivity index (χ0) is 23.2. The summed E-state index contributed by atoms with van der Waals surface area (Å²) in [4.78, 5) is 25.5. The maximum absolute atomic E-state index is 14.0. The van der Waals surface area contributed by atoms with Crippen LogP contribution in [0.4, 0.5) is 9.52 Å². The first kappa shape index (κ1) is 22.8. The van der Waals surface area contributed by atoms with Gasteiger partial charge in [-0.15, -0.1) is 0 Å². The van der Waals surface area contributed by atoms with Gasteiger partial charge in [0.2, 0.25) is 5.91 Å². The number of carbonyl (C=O) groups is 1. The summed E-state index contributed by atoms with van der Waals surface area (Å²) in [7, 11) is 0. The highest BCUT2D eigenvalue weighted by molar-refractivity contribution is 7.18. The number of halogens is 1. The molecule has 4 heterocycles. The van der Waals surface area contributed by atoms with E-state index < -0.39 is 0 Å². The minimum Gasteiger partial charge on any atom is -0.353 e. The number of nitrogens with zero attached hydrogens (tertiary/aromatic N) is 4. The van der Waals surface area contributed by atoms with E-state index in [1.54, 1.807) is 30.9 Å². The van der Waals surface area contributed by atoms with Gasteiger partial charge in [-0.25, -0.2) is 14.4 Å². The van der Waals surface area contributed by atoms with Crippen molar-refractivity contribution in [2.45, 2.75) is 32.4 Å². The molecule has 0 spiro atoms. The fourth-order valence-corrected chi connectivity index (χ4v) is 4.58. The molecule has 1 unspecified atom stereocenters. The molecule has 0 saturated carbocycles. The van der Waals surface area contributed by atoms with Crippen LogP contribution in [0.1, 0.15) is 31.2 Å². The maximum atomic E-state index is 14.0. The van der Waals surface area contributed by atoms with E-state index in [1.165, 1.54) is 17.5 Å². The molecule has 0 bridgehead atoms. The predicted octanol–water partition coefficient (Wildman–Crippen LogP) is 3.52. The molecule has 3 aromatic heterocycles. The van der Waals surface area contributed by atoms with Crippen LogP contribution in [-0.2, 0) is 11.3 Å². The van der Waals surface area contributed by atoms with Crippen molar-refractivity contribution >= 4 is 34.5 Å². The Labute approximate surface area is 195 Å². The fraction of sp³-hybridized carbons (Fsp3) is 0.304. The molecule has 1 saturated heterocycles. The Morgan fingerprint density at radius 2 is 2.30 bits per heavy atom. The fourth-order valence-electron chi connectivity index (χ4n) is 3.67. The highest BCUT2D eigenvalue weighted by Gasteiger charge is 2.21. The van der Waals surface area contributed by atoms with Crippen LogP contribution in [0.5, 0.6) is 0 Å². The molecular weight excluding hydrogens is 441 g/mol. The Bertz CT molecular complexity index is 1160. The summed E-state index contributed by atoms with van der Waals surface area (Å²) >= 11 is 1.36. The Balaban J connectivity index is 1.42. The second kappa shape index (κ2) is 10.5. The van der Waals surface area contributed by atoms with Crippen molar-refractivity contribution in [2.75, 3.05) is 18.4 Å². The van der Waals surface area contributed by atoms with E-state index in [4.69, 9.17) is 0 Å². The quantitative estimate of drug-likeness (QED) is 0.446. The standard InChI is InChI=1S/C23H26FN7OS/c1-3-18-20(31(14-29-18)10-9-27-22(32)19-5-4-7-26-19)11-15(2)30-23-28-13-21(33-23)16-6-8-25-12-17(16)24/h3,6,8,11-14,19,26H,1,4-5,7,9-10H2,2H3,(H,27,32)(H,28,30)/b15-11+. The maximum Gasteiger partial charge on any atom is 0.237 e. The van der Waals surface area contributed by atoms with Gasteiger partial charge in [0, 0.05) is 36.7 Å². The van der Waals surface area contributed by atoms with Gasteiger partial charge < -0.3 is 20.5 Å². The van der Waals surface area contributed by atoms with Gasteiger partial charge in [-0.05, 0) is 44.5 Å². The van der Waals surface area contributed by atoms with E-state index in [0.29, 0.717) is 23.8 Å². The number of pyridine rings is 1. The smallest absolute Gasteiger partial charge is 0.237 e. The zero-order valence-electron chi connectivity index (χ0n) is 18.3. The van der Waals surface area contributed by atoms with Gasteiger partial charge in [0.05, 0.1) is 34.8 Å². The van der Waals surface area contributed by atoms with Crippen molar-refractivity contribution in [1.29, 1.82) is 0 Å². The molecule has 0 radical (unpaired) electrons.